The molecule has 4 rings (SSSR count). The molecule has 0 saturated carbocycles. The van der Waals surface area contributed by atoms with Gasteiger partial charge in [-0.3, -0.25) is 19.2 Å². The number of pyridine rings is 1. The molecule has 0 radical (unpaired) electrons. The molecule has 1 aliphatic heterocycles. The highest BCUT2D eigenvalue weighted by atomic mass is 33.1. The van der Waals surface area contributed by atoms with Crippen molar-refractivity contribution in [3.8, 4) is 0 Å². The zero-order chi connectivity index (χ0) is 31.6. The third kappa shape index (κ3) is 8.41. The number of ether oxygens (including phenoxy) is 2. The number of hydrogen-bond acceptors (Lipinski definition) is 11. The third-order valence-corrected chi connectivity index (χ3v) is 8.63. The van der Waals surface area contributed by atoms with Gasteiger partial charge in [0.2, 0.25) is 0 Å². The van der Waals surface area contributed by atoms with E-state index in [1.165, 1.54) is 66.1 Å². The van der Waals surface area contributed by atoms with Crippen molar-refractivity contribution in [1.82, 2.24) is 36.2 Å². The molecule has 232 valence electrons. The van der Waals surface area contributed by atoms with Crippen LogP contribution in [0, 0.1) is 0 Å². The minimum absolute atomic E-state index is 0.00275. The van der Waals surface area contributed by atoms with Gasteiger partial charge in [0, 0.05) is 22.9 Å². The molecule has 1 aliphatic rings. The van der Waals surface area contributed by atoms with E-state index in [1.807, 2.05) is 0 Å². The molecule has 1 unspecified atom stereocenters. The quantitative estimate of drug-likeness (QED) is 0.167. The molecule has 4 heterocycles. The van der Waals surface area contributed by atoms with E-state index in [0.717, 1.165) is 0 Å². The van der Waals surface area contributed by atoms with Gasteiger partial charge in [-0.2, -0.15) is 0 Å². The van der Waals surface area contributed by atoms with E-state index in [0.29, 0.717) is 11.4 Å². The Morgan fingerprint density at radius 1 is 0.682 bits per heavy atom. The first kappa shape index (κ1) is 32.2. The van der Waals surface area contributed by atoms with Gasteiger partial charge in [-0.1, -0.05) is 27.7 Å². The van der Waals surface area contributed by atoms with Crippen LogP contribution < -0.4 is 21.3 Å². The Morgan fingerprint density at radius 2 is 1.11 bits per heavy atom. The van der Waals surface area contributed by atoms with E-state index in [1.54, 1.807) is 12.1 Å². The number of aromatic amines is 2. The highest BCUT2D eigenvalue weighted by molar-refractivity contribution is 8.76. The van der Waals surface area contributed by atoms with Crippen molar-refractivity contribution in [3.63, 3.8) is 0 Å². The van der Waals surface area contributed by atoms with Crippen LogP contribution in [-0.2, 0) is 32.2 Å². The zero-order valence-electron chi connectivity index (χ0n) is 23.6. The number of hydrogen-bond donors (Lipinski definition) is 6. The molecule has 15 nitrogen and oxygen atoms in total. The van der Waals surface area contributed by atoms with E-state index in [2.05, 4.69) is 36.2 Å². The van der Waals surface area contributed by atoms with Crippen molar-refractivity contribution in [2.45, 2.75) is 25.2 Å². The predicted octanol–water partition coefficient (Wildman–Crippen LogP) is 0.536. The number of nitrogens with zero attached hydrogens (tertiary/aromatic N) is 1. The van der Waals surface area contributed by atoms with Gasteiger partial charge in [-0.25, -0.2) is 14.6 Å². The number of fused-ring (bicyclic) bond motifs is 6. The molecular weight excluding hydrogens is 614 g/mol. The van der Waals surface area contributed by atoms with Gasteiger partial charge >= 0.3 is 11.9 Å². The SMILES string of the molecule is COC(=O)C1CSSC[C@@H](C(=O)OC)NC(=O)c2ccc([nH]2)CNC(=O)c2cccc(n2)C(=O)NCc2ccc([nH]2)C(=O)N1. The average Bonchev–Trinajstić information content (AvgIpc) is 3.72. The Kier molecular flexibility index (Phi) is 11.0. The highest BCUT2D eigenvalue weighted by Crippen LogP contribution is 2.24. The molecule has 44 heavy (non-hydrogen) atoms. The molecule has 3 aromatic heterocycles. The first-order valence-electron chi connectivity index (χ1n) is 13.1. The van der Waals surface area contributed by atoms with Crippen LogP contribution in [0.4, 0.5) is 0 Å². The molecule has 2 atom stereocenters. The van der Waals surface area contributed by atoms with E-state index >= 15 is 0 Å². The van der Waals surface area contributed by atoms with Crippen LogP contribution in [-0.4, -0.2) is 88.3 Å². The average molecular weight is 644 g/mol. The van der Waals surface area contributed by atoms with Crippen LogP contribution in [0.2, 0.25) is 0 Å². The highest BCUT2D eigenvalue weighted by Gasteiger charge is 2.26. The summed E-state index contributed by atoms with van der Waals surface area (Å²) in [5, 5.41) is 10.6. The summed E-state index contributed by atoms with van der Waals surface area (Å²) >= 11 is 0. The number of H-pyrrole nitrogens is 2. The van der Waals surface area contributed by atoms with Crippen LogP contribution >= 0.6 is 21.6 Å². The van der Waals surface area contributed by atoms with Gasteiger partial charge in [-0.05, 0) is 36.4 Å². The number of aromatic nitrogens is 3. The molecule has 6 bridgehead atoms. The monoisotopic (exact) mass is 643 g/mol. The van der Waals surface area contributed by atoms with Crippen molar-refractivity contribution >= 4 is 57.2 Å². The second kappa shape index (κ2) is 15.1. The Morgan fingerprint density at radius 3 is 1.52 bits per heavy atom. The number of nitrogens with one attached hydrogen (secondary N) is 6. The Balaban J connectivity index is 1.56. The minimum Gasteiger partial charge on any atom is -0.467 e. The van der Waals surface area contributed by atoms with Crippen LogP contribution in [0.25, 0.3) is 0 Å². The lowest BCUT2D eigenvalue weighted by atomic mass is 10.2. The molecule has 4 amide bonds. The van der Waals surface area contributed by atoms with E-state index in [9.17, 15) is 28.8 Å². The largest absolute Gasteiger partial charge is 0.467 e. The molecule has 0 aromatic carbocycles. The van der Waals surface area contributed by atoms with Crippen molar-refractivity contribution in [1.29, 1.82) is 0 Å². The summed E-state index contributed by atoms with van der Waals surface area (Å²) in [5.74, 6) is -3.43. The molecule has 0 aliphatic carbocycles. The second-order valence-corrected chi connectivity index (χ2v) is 11.8. The number of amides is 4. The summed E-state index contributed by atoms with van der Waals surface area (Å²) in [7, 11) is 4.76. The van der Waals surface area contributed by atoms with Crippen LogP contribution in [0.1, 0.15) is 53.3 Å². The summed E-state index contributed by atoms with van der Waals surface area (Å²) in [6.07, 6.45) is 0. The molecule has 0 spiro atoms. The Labute approximate surface area is 258 Å². The van der Waals surface area contributed by atoms with E-state index in [-0.39, 0.29) is 47.4 Å². The smallest absolute Gasteiger partial charge is 0.329 e. The second-order valence-electron chi connectivity index (χ2n) is 9.24. The molecule has 0 fully saturated rings. The maximum Gasteiger partial charge on any atom is 0.329 e. The molecule has 3 aromatic rings. The third-order valence-electron chi connectivity index (χ3n) is 6.21. The maximum absolute atomic E-state index is 12.9. The van der Waals surface area contributed by atoms with Crippen LogP contribution in [0.3, 0.4) is 0 Å². The summed E-state index contributed by atoms with van der Waals surface area (Å²) < 4.78 is 9.65. The first-order chi connectivity index (χ1) is 21.2. The molecule has 17 heteroatoms. The van der Waals surface area contributed by atoms with Gasteiger partial charge in [0.25, 0.3) is 23.6 Å². The normalized spacial score (nSPS) is 18.8. The first-order valence-corrected chi connectivity index (χ1v) is 15.6. The fourth-order valence-corrected chi connectivity index (χ4v) is 6.19. The maximum atomic E-state index is 12.9. The Bertz CT molecular complexity index is 1450. The standard InChI is InChI=1S/C27H29N7O8S2/c1-41-26(39)20-12-43-44-13-21(27(40)42-2)34-25(38)19-9-7-15(31-19)11-29-23(36)17-5-3-4-16(32-17)22(35)28-10-14-6-8-18(30-14)24(37)33-20/h3-9,20-21,30-31H,10-13H2,1-2H3,(H,28,35)(H,29,36)(H,33,37)(H,34,38)/t20-,21?/m0/s1. The molecule has 6 N–H and O–H groups in total. The molecule has 0 saturated heterocycles. The van der Waals surface area contributed by atoms with Gasteiger partial charge < -0.3 is 40.7 Å². The van der Waals surface area contributed by atoms with Gasteiger partial charge in [-0.15, -0.1) is 0 Å². The van der Waals surface area contributed by atoms with Crippen LogP contribution in [0.15, 0.2) is 42.5 Å². The lowest BCUT2D eigenvalue weighted by Gasteiger charge is -2.17. The number of methoxy groups -OCH3 is 2. The van der Waals surface area contributed by atoms with E-state index < -0.39 is 47.7 Å². The number of carbonyl (C=O) groups is 6. The zero-order valence-corrected chi connectivity index (χ0v) is 25.2. The lowest BCUT2D eigenvalue weighted by molar-refractivity contribution is -0.143. The fourth-order valence-electron chi connectivity index (χ4n) is 3.90. The lowest BCUT2D eigenvalue weighted by Crippen LogP contribution is -2.44. The Hall–Kier alpha value is -4.77. The van der Waals surface area contributed by atoms with E-state index in [4.69, 9.17) is 9.47 Å². The topological polar surface area (TPSA) is 213 Å². The van der Waals surface area contributed by atoms with Crippen molar-refractivity contribution in [3.05, 3.63) is 76.6 Å². The predicted molar refractivity (Wildman–Crippen MR) is 160 cm³/mol. The minimum atomic E-state index is -1.02. The number of esters is 2. The summed E-state index contributed by atoms with van der Waals surface area (Å²) in [6, 6.07) is 8.56. The van der Waals surface area contributed by atoms with Gasteiger partial charge in [0.1, 0.15) is 34.9 Å². The van der Waals surface area contributed by atoms with Crippen LogP contribution in [0.5, 0.6) is 0 Å². The van der Waals surface area contributed by atoms with Gasteiger partial charge in [0.05, 0.1) is 27.3 Å². The van der Waals surface area contributed by atoms with Crippen molar-refractivity contribution in [2.24, 2.45) is 0 Å². The van der Waals surface area contributed by atoms with Crippen molar-refractivity contribution < 1.29 is 38.2 Å². The summed E-state index contributed by atoms with van der Waals surface area (Å²) in [6.45, 7) is 0.0564. The summed E-state index contributed by atoms with van der Waals surface area (Å²) in [5.41, 5.74) is 1.30. The summed E-state index contributed by atoms with van der Waals surface area (Å²) in [4.78, 5) is 85.9. The number of carbonyl (C=O) groups excluding carboxylic acids is 6. The van der Waals surface area contributed by atoms with Gasteiger partial charge in [0.15, 0.2) is 0 Å². The van der Waals surface area contributed by atoms with Crippen molar-refractivity contribution in [2.75, 3.05) is 25.7 Å². The number of rotatable bonds is 2. The molecular formula is C27H29N7O8S2. The fraction of sp³-hybridized carbons (Fsp3) is 0.296.